The summed E-state index contributed by atoms with van der Waals surface area (Å²) in [5, 5.41) is 17.9. The third-order valence-electron chi connectivity index (χ3n) is 10.4. The van der Waals surface area contributed by atoms with Crippen molar-refractivity contribution < 1.29 is 67.0 Å². The molecule has 6 atom stereocenters. The molecule has 0 fully saturated rings. The number of H-pyrrole nitrogens is 1. The number of unbranched alkanes of at least 4 members (excludes halogenated alkanes) is 1. The fraction of sp³-hybridized carbons (Fsp3) is 0.628. The van der Waals surface area contributed by atoms with Crippen molar-refractivity contribution in [3.8, 4) is 0 Å². The van der Waals surface area contributed by atoms with Gasteiger partial charge in [-0.05, 0) is 44.1 Å². The highest BCUT2D eigenvalue weighted by Gasteiger charge is 2.36. The van der Waals surface area contributed by atoms with Gasteiger partial charge in [0.25, 0.3) is 0 Å². The molecule has 2 rings (SSSR count). The summed E-state index contributed by atoms with van der Waals surface area (Å²) in [5.41, 5.74) is 12.6. The van der Waals surface area contributed by atoms with Crippen LogP contribution in [0.3, 0.4) is 0 Å². The van der Waals surface area contributed by atoms with E-state index in [-0.39, 0.29) is 88.8 Å². The molecule has 2 aromatic rings. The van der Waals surface area contributed by atoms with Gasteiger partial charge in [0.2, 0.25) is 29.5 Å². The van der Waals surface area contributed by atoms with E-state index in [0.717, 1.165) is 25.3 Å². The van der Waals surface area contributed by atoms with Gasteiger partial charge in [-0.15, -0.1) is 0 Å². The average Bonchev–Trinajstić information content (AvgIpc) is 3.79. The Morgan fingerprint density at radius 2 is 1.58 bits per heavy atom. The molecule has 376 valence electrons. The number of Topliss-reactive ketones (excluding diaryl/α,β-unsaturated/α-hetero) is 2. The zero-order valence-electron chi connectivity index (χ0n) is 38.4. The first-order chi connectivity index (χ1) is 31.7. The number of imidazole rings is 1. The molecule has 0 aliphatic carbocycles. The highest BCUT2D eigenvalue weighted by Crippen LogP contribution is 2.39. The van der Waals surface area contributed by atoms with Crippen molar-refractivity contribution in [3.05, 3.63) is 54.1 Å². The number of hydrogen-bond acceptors (Lipinski definition) is 15. The molecule has 0 radical (unpaired) electrons. The van der Waals surface area contributed by atoms with Gasteiger partial charge in [0.1, 0.15) is 6.04 Å². The highest BCUT2D eigenvalue weighted by atomic mass is 32.1. The monoisotopic (exact) mass is 984 g/mol. The third kappa shape index (κ3) is 24.3. The summed E-state index contributed by atoms with van der Waals surface area (Å²) in [6, 6.07) is 6.41. The maximum atomic E-state index is 14.1. The molecule has 5 amide bonds. The average molecular weight is 985 g/mol. The second kappa shape index (κ2) is 31.5. The van der Waals surface area contributed by atoms with E-state index in [0.29, 0.717) is 12.1 Å². The van der Waals surface area contributed by atoms with Crippen LogP contribution in [0, 0.1) is 17.8 Å². The number of thiol groups is 1. The summed E-state index contributed by atoms with van der Waals surface area (Å²) < 4.78 is 27.0. The summed E-state index contributed by atoms with van der Waals surface area (Å²) in [6.07, 6.45) is 2.25. The third-order valence-corrected chi connectivity index (χ3v) is 11.4. The van der Waals surface area contributed by atoms with Crippen molar-refractivity contribution in [1.29, 1.82) is 0 Å². The van der Waals surface area contributed by atoms with Crippen LogP contribution in [0.5, 0.6) is 0 Å². The second-order valence-corrected chi connectivity index (χ2v) is 18.0. The standard InChI is InChI=1S/C43H69N8O14PS/c1-28(2)19-35(37(53)21-31(20-32-23-46-27-48-32)42(58)50-36(25-52)38(54)22-33(41(45)57)29(3)65-66(60,61)62)49-39(55)24-51(14-8-7-11-30-9-5-4-6-10-30)40(56)12-15-63-17-18-64-16-13-47-43(59)34(44)26-67/h4-6,9-10,23,27-29,31,33-36,52,67H,7-8,11-22,24-26,44H2,1-3H3,(H2,45,57)(H,46,48)(H,47,59)(H,49,55)(H,50,58)(H2,60,61,62)/t29-,31-,33+,34+,35+,36+/m1/s1. The number of phosphoric ester groups is 1. The number of rotatable bonds is 36. The predicted octanol–water partition coefficient (Wildman–Crippen LogP) is -0.258. The molecular weight excluding hydrogens is 916 g/mol. The normalized spacial score (nSPS) is 14.3. The number of benzene rings is 1. The number of aromatic nitrogens is 2. The lowest BCUT2D eigenvalue weighted by atomic mass is 9.89. The molecule has 0 unspecified atom stereocenters. The number of carbonyl (C=O) groups excluding carboxylic acids is 7. The zero-order valence-corrected chi connectivity index (χ0v) is 40.2. The molecule has 0 saturated heterocycles. The minimum absolute atomic E-state index is 0.0386. The number of nitrogens with one attached hydrogen (secondary N) is 4. The SMILES string of the molecule is CC(C)C[C@H](NC(=O)CN(CCCCc1ccccc1)C(=O)CCOCCOCCNC(=O)[C@@H](N)CS)C(=O)C[C@@H](Cc1cnc[nH]1)C(=O)N[C@@H](CO)C(=O)C[C@H](C(N)=O)[C@@H](C)OP(=O)(O)O. The fourth-order valence-electron chi connectivity index (χ4n) is 6.79. The van der Waals surface area contributed by atoms with Gasteiger partial charge in [-0.3, -0.25) is 38.1 Å². The summed E-state index contributed by atoms with van der Waals surface area (Å²) in [5.74, 6) is -7.25. The van der Waals surface area contributed by atoms with Crippen LogP contribution >= 0.6 is 20.5 Å². The molecule has 24 heteroatoms. The Labute approximate surface area is 396 Å². The van der Waals surface area contributed by atoms with Gasteiger partial charge >= 0.3 is 7.82 Å². The van der Waals surface area contributed by atoms with E-state index in [4.69, 9.17) is 20.9 Å². The minimum Gasteiger partial charge on any atom is -0.394 e. The number of aromatic amines is 1. The molecule has 22 nitrogen and oxygen atoms in total. The van der Waals surface area contributed by atoms with Crippen LogP contribution < -0.4 is 27.4 Å². The van der Waals surface area contributed by atoms with Crippen LogP contribution in [0.2, 0.25) is 0 Å². The number of amides is 5. The number of hydrogen-bond donors (Lipinski definition) is 10. The lowest BCUT2D eigenvalue weighted by Crippen LogP contribution is -2.50. The number of ketones is 2. The van der Waals surface area contributed by atoms with Crippen molar-refractivity contribution in [2.24, 2.45) is 29.2 Å². The second-order valence-electron chi connectivity index (χ2n) is 16.4. The molecule has 0 aliphatic rings. The predicted molar refractivity (Wildman–Crippen MR) is 248 cm³/mol. The highest BCUT2D eigenvalue weighted by molar-refractivity contribution is 7.80. The van der Waals surface area contributed by atoms with E-state index in [1.54, 1.807) is 0 Å². The Bertz CT molecular complexity index is 1890. The van der Waals surface area contributed by atoms with E-state index < -0.39 is 92.6 Å². The number of ether oxygens (including phenoxy) is 2. The van der Waals surface area contributed by atoms with E-state index in [9.17, 15) is 53.0 Å². The Morgan fingerprint density at radius 1 is 0.910 bits per heavy atom. The largest absolute Gasteiger partial charge is 0.469 e. The van der Waals surface area contributed by atoms with E-state index in [1.165, 1.54) is 17.4 Å². The topological polar surface area (TPSA) is 345 Å². The van der Waals surface area contributed by atoms with Crippen LogP contribution in [0.1, 0.15) is 70.6 Å². The maximum absolute atomic E-state index is 14.1. The molecule has 0 bridgehead atoms. The fourth-order valence-corrected chi connectivity index (χ4v) is 7.54. The molecule has 0 spiro atoms. The molecule has 1 heterocycles. The molecular formula is C43H69N8O14PS. The summed E-state index contributed by atoms with van der Waals surface area (Å²) in [6.45, 7) is 4.69. The zero-order chi connectivity index (χ0) is 49.9. The Hall–Kier alpha value is -4.58. The number of nitrogens with zero attached hydrogens (tertiary/aromatic N) is 2. The molecule has 1 aromatic carbocycles. The van der Waals surface area contributed by atoms with Crippen molar-refractivity contribution in [2.45, 2.75) is 96.4 Å². The number of aliphatic hydroxyl groups excluding tert-OH is 1. The van der Waals surface area contributed by atoms with E-state index >= 15 is 0 Å². The number of phosphoric acid groups is 1. The first-order valence-corrected chi connectivity index (χ1v) is 24.3. The van der Waals surface area contributed by atoms with Gasteiger partial charge in [-0.25, -0.2) is 9.55 Å². The van der Waals surface area contributed by atoms with E-state index in [2.05, 4.69) is 43.1 Å². The van der Waals surface area contributed by atoms with Gasteiger partial charge in [-0.1, -0.05) is 44.2 Å². The maximum Gasteiger partial charge on any atom is 0.469 e. The minimum atomic E-state index is -5.08. The van der Waals surface area contributed by atoms with Crippen molar-refractivity contribution in [3.63, 3.8) is 0 Å². The summed E-state index contributed by atoms with van der Waals surface area (Å²) in [7, 11) is -5.08. The quantitative estimate of drug-likeness (QED) is 0.0239. The van der Waals surface area contributed by atoms with Gasteiger partial charge in [0, 0.05) is 50.0 Å². The van der Waals surface area contributed by atoms with Gasteiger partial charge in [-0.2, -0.15) is 12.6 Å². The smallest absolute Gasteiger partial charge is 0.394 e. The lowest BCUT2D eigenvalue weighted by Gasteiger charge is -2.26. The summed E-state index contributed by atoms with van der Waals surface area (Å²) >= 11 is 3.99. The Morgan fingerprint density at radius 3 is 2.18 bits per heavy atom. The van der Waals surface area contributed by atoms with Crippen LogP contribution in [0.25, 0.3) is 0 Å². The number of nitrogens with two attached hydrogens (primary N) is 2. The molecule has 67 heavy (non-hydrogen) atoms. The van der Waals surface area contributed by atoms with Gasteiger partial charge in [0.05, 0.1) is 82.4 Å². The molecule has 0 saturated carbocycles. The lowest BCUT2D eigenvalue weighted by molar-refractivity contribution is -0.138. The van der Waals surface area contributed by atoms with Gasteiger partial charge < -0.3 is 61.7 Å². The molecule has 11 N–H and O–H groups in total. The van der Waals surface area contributed by atoms with Crippen LogP contribution in [-0.4, -0.2) is 154 Å². The van der Waals surface area contributed by atoms with Crippen LogP contribution in [-0.2, 0) is 65.0 Å². The number of aliphatic hydroxyl groups is 1. The van der Waals surface area contributed by atoms with Crippen molar-refractivity contribution in [1.82, 2.24) is 30.8 Å². The van der Waals surface area contributed by atoms with Crippen molar-refractivity contribution in [2.75, 3.05) is 58.4 Å². The molecule has 1 aromatic heterocycles. The summed E-state index contributed by atoms with van der Waals surface area (Å²) in [4.78, 5) is 119. The van der Waals surface area contributed by atoms with Crippen LogP contribution in [0.4, 0.5) is 0 Å². The first kappa shape index (κ1) is 58.5. The molecule has 0 aliphatic heterocycles. The number of primary amides is 1. The number of aryl methyl sites for hydroxylation is 1. The van der Waals surface area contributed by atoms with E-state index in [1.807, 2.05) is 44.2 Å². The first-order valence-electron chi connectivity index (χ1n) is 22.1. The van der Waals surface area contributed by atoms with Gasteiger partial charge in [0.15, 0.2) is 11.6 Å². The van der Waals surface area contributed by atoms with Crippen LogP contribution in [0.15, 0.2) is 42.9 Å². The van der Waals surface area contributed by atoms with Crippen molar-refractivity contribution >= 4 is 61.6 Å². The Kier molecular flexibility index (Phi) is 27.5. The number of carbonyl (C=O) groups is 7. The Balaban J connectivity index is 2.15.